The third-order valence-corrected chi connectivity index (χ3v) is 5.34. The summed E-state index contributed by atoms with van der Waals surface area (Å²) in [7, 11) is 1.27. The maximum absolute atomic E-state index is 14.9. The first kappa shape index (κ1) is 23.2. The molecule has 0 unspecified atom stereocenters. The van der Waals surface area contributed by atoms with E-state index in [2.05, 4.69) is 10.4 Å². The molecule has 178 valence electrons. The molecule has 1 saturated heterocycles. The fourth-order valence-electron chi connectivity index (χ4n) is 3.74. The maximum atomic E-state index is 14.9. The summed E-state index contributed by atoms with van der Waals surface area (Å²) in [5.74, 6) is -1.02. The fourth-order valence-corrected chi connectivity index (χ4v) is 3.74. The Morgan fingerprint density at radius 2 is 1.94 bits per heavy atom. The predicted octanol–water partition coefficient (Wildman–Crippen LogP) is 1.39. The van der Waals surface area contributed by atoms with Gasteiger partial charge in [-0.15, -0.1) is 5.10 Å². The first-order valence-corrected chi connectivity index (χ1v) is 10.6. The highest BCUT2D eigenvalue weighted by atomic mass is 19.1. The van der Waals surface area contributed by atoms with Gasteiger partial charge >= 0.3 is 11.2 Å². The van der Waals surface area contributed by atoms with Gasteiger partial charge in [0.25, 0.3) is 5.88 Å². The highest BCUT2D eigenvalue weighted by Gasteiger charge is 2.18. The molecule has 1 aromatic heterocycles. The number of methoxy groups -OCH3 is 1. The van der Waals surface area contributed by atoms with E-state index < -0.39 is 17.1 Å². The van der Waals surface area contributed by atoms with Crippen molar-refractivity contribution in [1.82, 2.24) is 14.3 Å². The molecule has 1 N–H and O–H groups in total. The van der Waals surface area contributed by atoms with E-state index in [1.54, 1.807) is 36.4 Å². The molecule has 0 bridgehead atoms. The van der Waals surface area contributed by atoms with E-state index >= 15 is 0 Å². The van der Waals surface area contributed by atoms with Crippen molar-refractivity contribution in [2.75, 3.05) is 43.6 Å². The molecule has 0 aliphatic carbocycles. The maximum Gasteiger partial charge on any atom is 0.352 e. The van der Waals surface area contributed by atoms with Gasteiger partial charge in [-0.05, 0) is 35.9 Å². The van der Waals surface area contributed by atoms with Crippen molar-refractivity contribution < 1.29 is 18.7 Å². The van der Waals surface area contributed by atoms with Crippen LogP contribution in [-0.2, 0) is 16.1 Å². The van der Waals surface area contributed by atoms with Crippen LogP contribution in [0.4, 0.5) is 15.8 Å². The molecule has 34 heavy (non-hydrogen) atoms. The Morgan fingerprint density at radius 1 is 1.18 bits per heavy atom. The van der Waals surface area contributed by atoms with Gasteiger partial charge in [0.15, 0.2) is 0 Å². The largest absolute Gasteiger partial charge is 0.476 e. The Kier molecular flexibility index (Phi) is 6.73. The number of rotatable bonds is 6. The van der Waals surface area contributed by atoms with Gasteiger partial charge in [-0.2, -0.15) is 4.68 Å². The Bertz CT molecular complexity index is 1330. The van der Waals surface area contributed by atoms with Gasteiger partial charge in [-0.3, -0.25) is 9.59 Å². The number of nitrogens with zero attached hydrogens (tertiary/aromatic N) is 4. The molecule has 10 nitrogen and oxygen atoms in total. The summed E-state index contributed by atoms with van der Waals surface area (Å²) in [4.78, 5) is 39.3. The van der Waals surface area contributed by atoms with Crippen LogP contribution in [0, 0.1) is 5.82 Å². The highest BCUT2D eigenvalue weighted by molar-refractivity contribution is 5.88. The molecule has 3 aromatic rings. The number of hydrogen-bond acceptors (Lipinski definition) is 7. The monoisotopic (exact) mass is 469 g/mol. The number of amides is 1. The number of ether oxygens (including phenoxy) is 2. The van der Waals surface area contributed by atoms with Crippen LogP contribution in [0.25, 0.3) is 5.69 Å². The molecule has 1 aliphatic heterocycles. The van der Waals surface area contributed by atoms with Crippen LogP contribution in [0.3, 0.4) is 0 Å². The standard InChI is InChI=1S/C23H24FN5O5/c1-15(30)25-17-4-3-5-18(13-17)29-23(32)28(22(31)21(26-29)33-2)14-16-6-7-20(19(24)12-16)27-8-10-34-11-9-27/h3-7,12-13H,8-11,14H2,1-2H3,(H,25,30). The molecule has 1 fully saturated rings. The molecule has 1 amide bonds. The zero-order chi connectivity index (χ0) is 24.2. The molecule has 2 aromatic carbocycles. The Hall–Kier alpha value is -3.99. The quantitative estimate of drug-likeness (QED) is 0.581. The molecule has 1 aliphatic rings. The van der Waals surface area contributed by atoms with Crippen molar-refractivity contribution in [3.8, 4) is 11.6 Å². The molecule has 0 spiro atoms. The fraction of sp³-hybridized carbons (Fsp3) is 0.304. The van der Waals surface area contributed by atoms with Crippen LogP contribution in [0.5, 0.6) is 5.88 Å². The minimum Gasteiger partial charge on any atom is -0.476 e. The molecule has 0 atom stereocenters. The van der Waals surface area contributed by atoms with Crippen LogP contribution in [0.2, 0.25) is 0 Å². The number of morpholine rings is 1. The summed E-state index contributed by atoms with van der Waals surface area (Å²) in [6.45, 7) is 3.40. The molecule has 11 heteroatoms. The van der Waals surface area contributed by atoms with Gasteiger partial charge < -0.3 is 19.7 Å². The summed E-state index contributed by atoms with van der Waals surface area (Å²) in [5, 5.41) is 6.65. The van der Waals surface area contributed by atoms with Gasteiger partial charge in [0.1, 0.15) is 5.82 Å². The third kappa shape index (κ3) is 4.84. The third-order valence-electron chi connectivity index (χ3n) is 5.34. The van der Waals surface area contributed by atoms with Gasteiger partial charge in [0.05, 0.1) is 38.2 Å². The number of aromatic nitrogens is 3. The van der Waals surface area contributed by atoms with E-state index in [0.29, 0.717) is 48.9 Å². The van der Waals surface area contributed by atoms with E-state index in [-0.39, 0.29) is 18.3 Å². The molecular formula is C23H24FN5O5. The number of hydrogen-bond donors (Lipinski definition) is 1. The number of anilines is 2. The van der Waals surface area contributed by atoms with E-state index in [0.717, 1.165) is 9.25 Å². The van der Waals surface area contributed by atoms with Crippen LogP contribution in [0.15, 0.2) is 52.1 Å². The lowest BCUT2D eigenvalue weighted by Gasteiger charge is -2.29. The summed E-state index contributed by atoms with van der Waals surface area (Å²) in [6, 6.07) is 11.1. The van der Waals surface area contributed by atoms with E-state index in [9.17, 15) is 18.8 Å². The second-order valence-corrected chi connectivity index (χ2v) is 7.71. The van der Waals surface area contributed by atoms with Crippen molar-refractivity contribution >= 4 is 17.3 Å². The second-order valence-electron chi connectivity index (χ2n) is 7.71. The predicted molar refractivity (Wildman–Crippen MR) is 123 cm³/mol. The number of carbonyl (C=O) groups excluding carboxylic acids is 1. The molecule has 0 radical (unpaired) electrons. The summed E-state index contributed by atoms with van der Waals surface area (Å²) in [6.07, 6.45) is 0. The Morgan fingerprint density at radius 3 is 2.62 bits per heavy atom. The Labute approximate surface area is 194 Å². The van der Waals surface area contributed by atoms with Gasteiger partial charge in [-0.25, -0.2) is 13.8 Å². The lowest BCUT2D eigenvalue weighted by molar-refractivity contribution is -0.114. The zero-order valence-electron chi connectivity index (χ0n) is 18.8. The highest BCUT2D eigenvalue weighted by Crippen LogP contribution is 2.22. The summed E-state index contributed by atoms with van der Waals surface area (Å²) < 4.78 is 27.2. The van der Waals surface area contributed by atoms with Gasteiger partial charge in [-0.1, -0.05) is 12.1 Å². The van der Waals surface area contributed by atoms with E-state index in [1.165, 1.54) is 20.1 Å². The van der Waals surface area contributed by atoms with Crippen LogP contribution >= 0.6 is 0 Å². The topological polar surface area (TPSA) is 108 Å². The lowest BCUT2D eigenvalue weighted by Crippen LogP contribution is -2.41. The number of benzene rings is 2. The van der Waals surface area contributed by atoms with Crippen molar-refractivity contribution in [3.05, 3.63) is 74.7 Å². The van der Waals surface area contributed by atoms with E-state index in [4.69, 9.17) is 9.47 Å². The number of nitrogens with one attached hydrogen (secondary N) is 1. The summed E-state index contributed by atoms with van der Waals surface area (Å²) >= 11 is 0. The zero-order valence-corrected chi connectivity index (χ0v) is 18.8. The van der Waals surface area contributed by atoms with Crippen molar-refractivity contribution in [3.63, 3.8) is 0 Å². The minimum atomic E-state index is -0.737. The molecule has 0 saturated carbocycles. The first-order valence-electron chi connectivity index (χ1n) is 10.6. The molecule has 2 heterocycles. The first-order chi connectivity index (χ1) is 16.4. The average Bonchev–Trinajstić information content (AvgIpc) is 2.82. The Balaban J connectivity index is 1.71. The number of halogens is 1. The molecule has 4 rings (SSSR count). The van der Waals surface area contributed by atoms with Crippen LogP contribution < -0.4 is 26.2 Å². The SMILES string of the molecule is COc1nn(-c2cccc(NC(C)=O)c2)c(=O)n(Cc2ccc(N3CCOCC3)c(F)c2)c1=O. The van der Waals surface area contributed by atoms with Crippen molar-refractivity contribution in [1.29, 1.82) is 0 Å². The number of carbonyl (C=O) groups is 1. The van der Waals surface area contributed by atoms with Gasteiger partial charge in [0, 0.05) is 25.7 Å². The van der Waals surface area contributed by atoms with E-state index in [1.807, 2.05) is 4.90 Å². The summed E-state index contributed by atoms with van der Waals surface area (Å²) in [5.41, 5.74) is 0.176. The molecular weight excluding hydrogens is 445 g/mol. The smallest absolute Gasteiger partial charge is 0.352 e. The second kappa shape index (κ2) is 9.87. The normalized spacial score (nSPS) is 13.6. The lowest BCUT2D eigenvalue weighted by atomic mass is 10.1. The van der Waals surface area contributed by atoms with Crippen molar-refractivity contribution in [2.24, 2.45) is 0 Å². The van der Waals surface area contributed by atoms with Crippen LogP contribution in [-0.4, -0.2) is 53.7 Å². The minimum absolute atomic E-state index is 0.178. The average molecular weight is 469 g/mol. The van der Waals surface area contributed by atoms with Crippen LogP contribution in [0.1, 0.15) is 12.5 Å². The van der Waals surface area contributed by atoms with Crippen molar-refractivity contribution in [2.45, 2.75) is 13.5 Å². The van der Waals surface area contributed by atoms with Gasteiger partial charge in [0.2, 0.25) is 5.91 Å².